The Labute approximate surface area is 141 Å². The van der Waals surface area contributed by atoms with Crippen molar-refractivity contribution in [3.05, 3.63) is 47.4 Å². The zero-order valence-electron chi connectivity index (χ0n) is 14.1. The average molecular weight is 331 g/mol. The first-order chi connectivity index (χ1) is 11.7. The van der Waals surface area contributed by atoms with Gasteiger partial charge in [0.25, 0.3) is 5.91 Å². The van der Waals surface area contributed by atoms with Crippen LogP contribution in [0.2, 0.25) is 0 Å². The number of amides is 1. The van der Waals surface area contributed by atoms with Crippen LogP contribution in [0.25, 0.3) is 0 Å². The van der Waals surface area contributed by atoms with Crippen molar-refractivity contribution < 1.29 is 23.6 Å². The summed E-state index contributed by atoms with van der Waals surface area (Å²) >= 11 is 0. The summed E-state index contributed by atoms with van der Waals surface area (Å²) in [6.07, 6.45) is 2.53. The first-order valence-corrected chi connectivity index (χ1v) is 8.06. The van der Waals surface area contributed by atoms with E-state index in [0.717, 1.165) is 36.8 Å². The molecule has 128 valence electrons. The maximum absolute atomic E-state index is 12.1. The number of quaternary nitrogens is 1. The van der Waals surface area contributed by atoms with Crippen LogP contribution in [0.15, 0.2) is 34.9 Å². The lowest BCUT2D eigenvalue weighted by molar-refractivity contribution is -0.908. The van der Waals surface area contributed by atoms with Gasteiger partial charge >= 0.3 is 0 Å². The van der Waals surface area contributed by atoms with Gasteiger partial charge in [0.15, 0.2) is 18.0 Å². The van der Waals surface area contributed by atoms with Crippen molar-refractivity contribution in [1.82, 2.24) is 5.32 Å². The molecular weight excluding hydrogens is 308 g/mol. The van der Waals surface area contributed by atoms with Crippen molar-refractivity contribution in [2.45, 2.75) is 19.5 Å². The number of nitrogens with one attached hydrogen (secondary N) is 2. The van der Waals surface area contributed by atoms with Gasteiger partial charge in [-0.15, -0.1) is 0 Å². The van der Waals surface area contributed by atoms with Crippen molar-refractivity contribution in [2.75, 3.05) is 27.3 Å². The number of carbonyl (C=O) groups is 1. The number of furan rings is 1. The topological polar surface area (TPSA) is 65.1 Å². The summed E-state index contributed by atoms with van der Waals surface area (Å²) in [6.45, 7) is 2.62. The fourth-order valence-corrected chi connectivity index (χ4v) is 3.07. The summed E-state index contributed by atoms with van der Waals surface area (Å²) in [4.78, 5) is 13.4. The summed E-state index contributed by atoms with van der Waals surface area (Å²) in [7, 11) is 3.29. The maximum atomic E-state index is 12.1. The number of ether oxygens (including phenoxy) is 2. The number of hydrogen-bond donors (Lipinski definition) is 2. The Morgan fingerprint density at radius 3 is 2.67 bits per heavy atom. The fourth-order valence-electron chi connectivity index (χ4n) is 3.07. The van der Waals surface area contributed by atoms with Gasteiger partial charge in [0.05, 0.1) is 33.6 Å². The first kappa shape index (κ1) is 16.4. The van der Waals surface area contributed by atoms with Crippen molar-refractivity contribution in [3.63, 3.8) is 0 Å². The molecule has 6 heteroatoms. The third-order valence-electron chi connectivity index (χ3n) is 4.34. The van der Waals surface area contributed by atoms with Crippen LogP contribution >= 0.6 is 0 Å². The molecule has 2 heterocycles. The van der Waals surface area contributed by atoms with E-state index in [1.165, 1.54) is 16.0 Å². The van der Waals surface area contributed by atoms with Gasteiger partial charge in [-0.05, 0) is 29.8 Å². The second kappa shape index (κ2) is 7.40. The monoisotopic (exact) mass is 331 g/mol. The molecule has 1 atom stereocenters. The summed E-state index contributed by atoms with van der Waals surface area (Å²) < 4.78 is 16.0. The molecule has 0 fully saturated rings. The molecule has 1 amide bonds. The molecule has 0 aliphatic carbocycles. The Bertz CT molecular complexity index is 697. The molecule has 1 aliphatic heterocycles. The van der Waals surface area contributed by atoms with Crippen molar-refractivity contribution in [3.8, 4) is 11.5 Å². The molecule has 24 heavy (non-hydrogen) atoms. The highest BCUT2D eigenvalue weighted by Crippen LogP contribution is 2.31. The molecule has 3 rings (SSSR count). The zero-order chi connectivity index (χ0) is 16.9. The van der Waals surface area contributed by atoms with Gasteiger partial charge < -0.3 is 24.1 Å². The summed E-state index contributed by atoms with van der Waals surface area (Å²) in [5.74, 6) is 2.29. The largest absolute Gasteiger partial charge is 0.493 e. The molecule has 0 bridgehead atoms. The lowest BCUT2D eigenvalue weighted by atomic mass is 9.99. The maximum Gasteiger partial charge on any atom is 0.275 e. The van der Waals surface area contributed by atoms with E-state index in [-0.39, 0.29) is 5.91 Å². The molecule has 1 aliphatic rings. The number of fused-ring (bicyclic) bond motifs is 1. The number of benzene rings is 1. The van der Waals surface area contributed by atoms with Gasteiger partial charge in [0, 0.05) is 12.0 Å². The molecule has 0 saturated carbocycles. The molecule has 1 aromatic heterocycles. The third kappa shape index (κ3) is 3.71. The van der Waals surface area contributed by atoms with Crippen LogP contribution in [-0.2, 0) is 24.3 Å². The predicted molar refractivity (Wildman–Crippen MR) is 88.2 cm³/mol. The van der Waals surface area contributed by atoms with Crippen molar-refractivity contribution >= 4 is 5.91 Å². The molecule has 0 spiro atoms. The summed E-state index contributed by atoms with van der Waals surface area (Å²) in [5, 5.41) is 2.90. The lowest BCUT2D eigenvalue weighted by Gasteiger charge is -2.26. The smallest absolute Gasteiger partial charge is 0.275 e. The Morgan fingerprint density at radius 1 is 1.25 bits per heavy atom. The van der Waals surface area contributed by atoms with E-state index in [1.54, 1.807) is 20.5 Å². The number of rotatable bonds is 6. The Balaban J connectivity index is 1.59. The first-order valence-electron chi connectivity index (χ1n) is 8.06. The van der Waals surface area contributed by atoms with E-state index >= 15 is 0 Å². The molecule has 6 nitrogen and oxygen atoms in total. The van der Waals surface area contributed by atoms with E-state index in [2.05, 4.69) is 5.32 Å². The van der Waals surface area contributed by atoms with E-state index in [0.29, 0.717) is 13.1 Å². The molecule has 2 N–H and O–H groups in total. The fraction of sp³-hybridized carbons (Fsp3) is 0.389. The third-order valence-corrected chi connectivity index (χ3v) is 4.34. The normalized spacial score (nSPS) is 16.3. The molecular formula is C18H23N2O4+. The van der Waals surface area contributed by atoms with E-state index in [4.69, 9.17) is 13.9 Å². The van der Waals surface area contributed by atoms with Crippen LogP contribution in [0, 0.1) is 0 Å². The second-order valence-corrected chi connectivity index (χ2v) is 5.94. The predicted octanol–water partition coefficient (Wildman–Crippen LogP) is 0.554. The minimum atomic E-state index is 0.0327. The van der Waals surface area contributed by atoms with Crippen LogP contribution < -0.4 is 19.7 Å². The van der Waals surface area contributed by atoms with Crippen LogP contribution in [0.1, 0.15) is 16.9 Å². The quantitative estimate of drug-likeness (QED) is 0.812. The van der Waals surface area contributed by atoms with Crippen LogP contribution in [0.5, 0.6) is 11.5 Å². The highest BCUT2D eigenvalue weighted by atomic mass is 16.5. The molecule has 2 aromatic rings. The standard InChI is InChI=1S/C18H22N2O4/c1-22-16-8-13-5-6-20(11-14(13)9-17(16)23-2)12-18(21)19-10-15-4-3-7-24-15/h3-4,7-9H,5-6,10-12H2,1-2H3,(H,19,21)/p+1. The van der Waals surface area contributed by atoms with E-state index in [1.807, 2.05) is 24.3 Å². The summed E-state index contributed by atoms with van der Waals surface area (Å²) in [5.41, 5.74) is 2.49. The van der Waals surface area contributed by atoms with Crippen molar-refractivity contribution in [1.29, 1.82) is 0 Å². The van der Waals surface area contributed by atoms with Gasteiger partial charge in [-0.3, -0.25) is 4.79 Å². The molecule has 0 radical (unpaired) electrons. The lowest BCUT2D eigenvalue weighted by Crippen LogP contribution is -3.12. The van der Waals surface area contributed by atoms with E-state index in [9.17, 15) is 4.79 Å². The van der Waals surface area contributed by atoms with Crippen molar-refractivity contribution in [2.24, 2.45) is 0 Å². The Hall–Kier alpha value is -2.47. The minimum absolute atomic E-state index is 0.0327. The second-order valence-electron chi connectivity index (χ2n) is 5.94. The Kier molecular flexibility index (Phi) is 5.05. The van der Waals surface area contributed by atoms with E-state index < -0.39 is 0 Å². The minimum Gasteiger partial charge on any atom is -0.493 e. The van der Waals surface area contributed by atoms with Crippen LogP contribution in [0.3, 0.4) is 0 Å². The number of methoxy groups -OCH3 is 2. The van der Waals surface area contributed by atoms with Crippen LogP contribution in [-0.4, -0.2) is 33.2 Å². The highest BCUT2D eigenvalue weighted by molar-refractivity contribution is 5.76. The molecule has 1 unspecified atom stereocenters. The Morgan fingerprint density at radius 2 is 2.00 bits per heavy atom. The van der Waals surface area contributed by atoms with Gasteiger partial charge in [0.2, 0.25) is 0 Å². The molecule has 1 aromatic carbocycles. The SMILES string of the molecule is COc1cc2c(cc1OC)C[NH+](CC(=O)NCc1ccco1)CC2. The highest BCUT2D eigenvalue weighted by Gasteiger charge is 2.23. The van der Waals surface area contributed by atoms with Gasteiger partial charge in [0.1, 0.15) is 12.3 Å². The molecule has 0 saturated heterocycles. The summed E-state index contributed by atoms with van der Waals surface area (Å²) in [6, 6.07) is 7.73. The number of carbonyl (C=O) groups excluding carboxylic acids is 1. The van der Waals surface area contributed by atoms with Gasteiger partial charge in [-0.25, -0.2) is 0 Å². The van der Waals surface area contributed by atoms with Crippen LogP contribution in [0.4, 0.5) is 0 Å². The van der Waals surface area contributed by atoms with Gasteiger partial charge in [-0.2, -0.15) is 0 Å². The average Bonchev–Trinajstić information content (AvgIpc) is 3.12. The zero-order valence-corrected chi connectivity index (χ0v) is 14.1. The van der Waals surface area contributed by atoms with Gasteiger partial charge in [-0.1, -0.05) is 0 Å². The number of hydrogen-bond acceptors (Lipinski definition) is 4.